The van der Waals surface area contributed by atoms with E-state index in [4.69, 9.17) is 10.7 Å². The molecule has 0 saturated heterocycles. The highest BCUT2D eigenvalue weighted by Gasteiger charge is 2.17. The molecule has 0 amide bonds. The largest absolute Gasteiger partial charge is 0.399 e. The summed E-state index contributed by atoms with van der Waals surface area (Å²) in [5, 5.41) is 5.77. The van der Waals surface area contributed by atoms with Gasteiger partial charge in [0.15, 0.2) is 0 Å². The minimum atomic E-state index is 0.768. The van der Waals surface area contributed by atoms with E-state index in [1.54, 1.807) is 0 Å². The maximum Gasteiger partial charge on any atom is 0.140 e. The fourth-order valence-electron chi connectivity index (χ4n) is 4.39. The van der Waals surface area contributed by atoms with E-state index in [2.05, 4.69) is 71.5 Å². The second kappa shape index (κ2) is 5.36. The molecule has 0 aliphatic heterocycles. The second-order valence-corrected chi connectivity index (χ2v) is 7.33. The molecule has 6 aromatic rings. The van der Waals surface area contributed by atoms with Crippen LogP contribution < -0.4 is 5.73 Å². The Labute approximate surface area is 161 Å². The van der Waals surface area contributed by atoms with Crippen LogP contribution in [0.5, 0.6) is 0 Å². The van der Waals surface area contributed by atoms with Crippen LogP contribution in [0.2, 0.25) is 0 Å². The lowest BCUT2D eigenvalue weighted by molar-refractivity contribution is 1.26. The number of aromatic nitrogens is 3. The zero-order valence-electron chi connectivity index (χ0n) is 15.4. The first-order chi connectivity index (χ1) is 13.7. The Morgan fingerprint density at radius 2 is 1.50 bits per heavy atom. The third kappa shape index (κ3) is 1.97. The normalized spacial score (nSPS) is 11.9. The molecule has 0 saturated carbocycles. The Kier molecular flexibility index (Phi) is 2.93. The van der Waals surface area contributed by atoms with E-state index in [1.165, 1.54) is 10.8 Å². The highest BCUT2D eigenvalue weighted by atomic mass is 14.9. The van der Waals surface area contributed by atoms with Crippen LogP contribution in [-0.4, -0.2) is 15.0 Å². The van der Waals surface area contributed by atoms with Gasteiger partial charge in [0.25, 0.3) is 0 Å². The standard InChI is InChI=1S/C24H18N4/c1-13-21(18-8-4-5-9-20(18)26-13)24-27-22-16-7-3-2-6-15(16)19-12-14(25)10-11-17(19)23(22)28-24/h2-12,26H,25H2,1H3,(H,27,28). The molecule has 0 radical (unpaired) electrons. The van der Waals surface area contributed by atoms with Crippen LogP contribution in [0, 0.1) is 6.92 Å². The molecule has 4 aromatic carbocycles. The first-order valence-corrected chi connectivity index (χ1v) is 9.38. The molecule has 4 nitrogen and oxygen atoms in total. The summed E-state index contributed by atoms with van der Waals surface area (Å²) < 4.78 is 0. The van der Waals surface area contributed by atoms with Gasteiger partial charge >= 0.3 is 0 Å². The quantitative estimate of drug-likeness (QED) is 0.251. The minimum absolute atomic E-state index is 0.768. The summed E-state index contributed by atoms with van der Waals surface area (Å²) in [4.78, 5) is 12.1. The van der Waals surface area contributed by atoms with Gasteiger partial charge in [-0.1, -0.05) is 48.5 Å². The van der Waals surface area contributed by atoms with Crippen LogP contribution in [0.4, 0.5) is 5.69 Å². The maximum absolute atomic E-state index is 6.09. The molecule has 0 aliphatic carbocycles. The number of H-pyrrole nitrogens is 2. The summed E-state index contributed by atoms with van der Waals surface area (Å²) in [6.45, 7) is 2.10. The van der Waals surface area contributed by atoms with Crippen molar-refractivity contribution in [2.45, 2.75) is 6.92 Å². The van der Waals surface area contributed by atoms with Crippen LogP contribution in [0.25, 0.3) is 54.9 Å². The molecular weight excluding hydrogens is 344 g/mol. The Hall–Kier alpha value is -3.79. The third-order valence-corrected chi connectivity index (χ3v) is 5.62. The van der Waals surface area contributed by atoms with E-state index in [1.807, 2.05) is 12.1 Å². The van der Waals surface area contributed by atoms with Crippen LogP contribution in [0.1, 0.15) is 5.69 Å². The second-order valence-electron chi connectivity index (χ2n) is 7.33. The van der Waals surface area contributed by atoms with Crippen molar-refractivity contribution in [3.8, 4) is 11.4 Å². The molecule has 6 rings (SSSR count). The number of nitrogens with zero attached hydrogens (tertiary/aromatic N) is 1. The fraction of sp³-hybridized carbons (Fsp3) is 0.0417. The topological polar surface area (TPSA) is 70.5 Å². The number of aryl methyl sites for hydroxylation is 1. The van der Waals surface area contributed by atoms with Gasteiger partial charge in [-0.15, -0.1) is 0 Å². The SMILES string of the molecule is Cc1[nH]c2ccccc2c1-c1nc2c3ccccc3c3cc(N)ccc3c2[nH]1. The average molecular weight is 362 g/mol. The molecule has 2 aromatic heterocycles. The Bertz CT molecular complexity index is 1540. The van der Waals surface area contributed by atoms with Gasteiger partial charge in [-0.3, -0.25) is 0 Å². The number of aromatic amines is 2. The molecule has 0 atom stereocenters. The molecule has 2 heterocycles. The lowest BCUT2D eigenvalue weighted by Crippen LogP contribution is -1.86. The predicted molar refractivity (Wildman–Crippen MR) is 118 cm³/mol. The van der Waals surface area contributed by atoms with Gasteiger partial charge in [0.1, 0.15) is 5.82 Å². The van der Waals surface area contributed by atoms with Crippen molar-refractivity contribution in [1.29, 1.82) is 0 Å². The van der Waals surface area contributed by atoms with Crippen molar-refractivity contribution < 1.29 is 0 Å². The van der Waals surface area contributed by atoms with Crippen molar-refractivity contribution in [3.05, 3.63) is 72.4 Å². The van der Waals surface area contributed by atoms with E-state index in [-0.39, 0.29) is 0 Å². The molecule has 4 heteroatoms. The van der Waals surface area contributed by atoms with Gasteiger partial charge in [0.05, 0.1) is 11.0 Å². The molecule has 0 fully saturated rings. The van der Waals surface area contributed by atoms with E-state index < -0.39 is 0 Å². The third-order valence-electron chi connectivity index (χ3n) is 5.62. The lowest BCUT2D eigenvalue weighted by Gasteiger charge is -2.06. The van der Waals surface area contributed by atoms with Crippen molar-refractivity contribution in [1.82, 2.24) is 15.0 Å². The summed E-state index contributed by atoms with van der Waals surface area (Å²) >= 11 is 0. The number of hydrogen-bond donors (Lipinski definition) is 3. The zero-order chi connectivity index (χ0) is 18.8. The molecule has 134 valence electrons. The fourth-order valence-corrected chi connectivity index (χ4v) is 4.39. The first kappa shape index (κ1) is 15.3. The molecule has 0 unspecified atom stereocenters. The van der Waals surface area contributed by atoms with Gasteiger partial charge in [0, 0.05) is 38.6 Å². The number of rotatable bonds is 1. The predicted octanol–water partition coefficient (Wildman–Crippen LogP) is 5.91. The summed E-state index contributed by atoms with van der Waals surface area (Å²) in [5.74, 6) is 0.888. The number of nitrogen functional groups attached to an aromatic ring is 1. The van der Waals surface area contributed by atoms with E-state index in [0.29, 0.717) is 0 Å². The van der Waals surface area contributed by atoms with Gasteiger partial charge in [-0.05, 0) is 35.9 Å². The highest BCUT2D eigenvalue weighted by Crippen LogP contribution is 2.38. The number of imidazole rings is 1. The molecule has 4 N–H and O–H groups in total. The van der Waals surface area contributed by atoms with E-state index in [0.717, 1.165) is 55.5 Å². The number of hydrogen-bond acceptors (Lipinski definition) is 2. The molecule has 0 spiro atoms. The monoisotopic (exact) mass is 362 g/mol. The van der Waals surface area contributed by atoms with Crippen molar-refractivity contribution in [2.75, 3.05) is 5.73 Å². The van der Waals surface area contributed by atoms with Crippen molar-refractivity contribution in [3.63, 3.8) is 0 Å². The van der Waals surface area contributed by atoms with E-state index in [9.17, 15) is 0 Å². The Balaban J connectivity index is 1.79. The summed E-state index contributed by atoms with van der Waals surface area (Å²) in [6.07, 6.45) is 0. The van der Waals surface area contributed by atoms with Gasteiger partial charge < -0.3 is 15.7 Å². The maximum atomic E-state index is 6.09. The lowest BCUT2D eigenvalue weighted by atomic mass is 9.99. The zero-order valence-corrected chi connectivity index (χ0v) is 15.4. The number of fused-ring (bicyclic) bond motifs is 7. The van der Waals surface area contributed by atoms with Crippen LogP contribution in [0.3, 0.4) is 0 Å². The molecular formula is C24H18N4. The van der Waals surface area contributed by atoms with Crippen LogP contribution >= 0.6 is 0 Å². The molecule has 0 bridgehead atoms. The average Bonchev–Trinajstić information content (AvgIpc) is 3.28. The minimum Gasteiger partial charge on any atom is -0.399 e. The first-order valence-electron chi connectivity index (χ1n) is 9.38. The van der Waals surface area contributed by atoms with Crippen LogP contribution in [0.15, 0.2) is 66.7 Å². The van der Waals surface area contributed by atoms with Crippen LogP contribution in [-0.2, 0) is 0 Å². The van der Waals surface area contributed by atoms with E-state index >= 15 is 0 Å². The Morgan fingerprint density at radius 1 is 0.750 bits per heavy atom. The van der Waals surface area contributed by atoms with Gasteiger partial charge in [0.2, 0.25) is 0 Å². The summed E-state index contributed by atoms with van der Waals surface area (Å²) in [6, 6.07) is 22.8. The molecule has 0 aliphatic rings. The number of benzene rings is 4. The van der Waals surface area contributed by atoms with Gasteiger partial charge in [-0.2, -0.15) is 0 Å². The number of para-hydroxylation sites is 1. The summed E-state index contributed by atoms with van der Waals surface area (Å²) in [7, 11) is 0. The number of nitrogens with one attached hydrogen (secondary N) is 2. The number of anilines is 1. The van der Waals surface area contributed by atoms with Gasteiger partial charge in [-0.25, -0.2) is 4.98 Å². The number of nitrogens with two attached hydrogens (primary N) is 1. The highest BCUT2D eigenvalue weighted by molar-refractivity contribution is 6.24. The van der Waals surface area contributed by atoms with Crippen molar-refractivity contribution in [2.24, 2.45) is 0 Å². The van der Waals surface area contributed by atoms with Crippen molar-refractivity contribution >= 4 is 49.2 Å². The Morgan fingerprint density at radius 3 is 2.36 bits per heavy atom. The smallest absolute Gasteiger partial charge is 0.140 e. The summed E-state index contributed by atoms with van der Waals surface area (Å²) in [5.41, 5.74) is 12.3. The molecule has 28 heavy (non-hydrogen) atoms.